The van der Waals surface area contributed by atoms with E-state index in [1.54, 1.807) is 18.3 Å². The molecule has 0 fully saturated rings. The van der Waals surface area contributed by atoms with Crippen LogP contribution < -0.4 is 10.2 Å². The maximum absolute atomic E-state index is 10.9. The van der Waals surface area contributed by atoms with Crippen LogP contribution in [0.15, 0.2) is 89.5 Å². The third-order valence-electron chi connectivity index (χ3n) is 4.38. The van der Waals surface area contributed by atoms with Gasteiger partial charge < -0.3 is 4.74 Å². The van der Waals surface area contributed by atoms with Crippen molar-refractivity contribution in [3.05, 3.63) is 106 Å². The molecule has 1 heterocycles. The molecule has 0 aromatic heterocycles. The highest BCUT2D eigenvalue weighted by Gasteiger charge is 2.24. The third-order valence-corrected chi connectivity index (χ3v) is 4.38. The molecular weight excluding hydrogens is 354 g/mol. The van der Waals surface area contributed by atoms with Crippen LogP contribution in [0.4, 0.5) is 11.4 Å². The largest absolute Gasteiger partial charge is 0.480 e. The van der Waals surface area contributed by atoms with E-state index in [-0.39, 0.29) is 5.69 Å². The first-order valence-corrected chi connectivity index (χ1v) is 8.76. The maximum Gasteiger partial charge on any atom is 0.269 e. The van der Waals surface area contributed by atoms with Crippen LogP contribution in [0.2, 0.25) is 0 Å². The van der Waals surface area contributed by atoms with Gasteiger partial charge in [0.1, 0.15) is 5.75 Å². The topological polar surface area (TPSA) is 76.8 Å². The van der Waals surface area contributed by atoms with E-state index >= 15 is 0 Å². The van der Waals surface area contributed by atoms with Gasteiger partial charge in [-0.2, -0.15) is 5.10 Å². The molecular formula is C22H17N3O3. The highest BCUT2D eigenvalue weighted by Crippen LogP contribution is 2.36. The number of nitrogens with zero attached hydrogens (tertiary/aromatic N) is 2. The van der Waals surface area contributed by atoms with Crippen molar-refractivity contribution in [3.63, 3.8) is 0 Å². The first-order chi connectivity index (χ1) is 13.7. The Labute approximate surface area is 161 Å². The minimum absolute atomic E-state index is 0.0462. The number of hydrogen-bond acceptors (Lipinski definition) is 5. The highest BCUT2D eigenvalue weighted by atomic mass is 16.6. The zero-order valence-electron chi connectivity index (χ0n) is 14.9. The number of nitro groups is 1. The average molecular weight is 371 g/mol. The second kappa shape index (κ2) is 7.75. The molecule has 0 saturated heterocycles. The molecule has 0 radical (unpaired) electrons. The van der Waals surface area contributed by atoms with Crippen LogP contribution in [0.3, 0.4) is 0 Å². The molecule has 6 nitrogen and oxygen atoms in total. The number of anilines is 1. The van der Waals surface area contributed by atoms with Gasteiger partial charge in [-0.25, -0.2) is 0 Å². The van der Waals surface area contributed by atoms with Gasteiger partial charge in [0.05, 0.1) is 16.8 Å². The van der Waals surface area contributed by atoms with E-state index in [1.807, 2.05) is 60.7 Å². The van der Waals surface area contributed by atoms with Crippen molar-refractivity contribution in [3.8, 4) is 5.75 Å². The van der Waals surface area contributed by atoms with Gasteiger partial charge in [-0.1, -0.05) is 36.4 Å². The summed E-state index contributed by atoms with van der Waals surface area (Å²) in [6.45, 7) is 0. The first-order valence-electron chi connectivity index (χ1n) is 8.76. The van der Waals surface area contributed by atoms with Crippen LogP contribution >= 0.6 is 0 Å². The summed E-state index contributed by atoms with van der Waals surface area (Å²) in [4.78, 5) is 10.5. The average Bonchev–Trinajstić information content (AvgIpc) is 2.74. The molecule has 28 heavy (non-hydrogen) atoms. The number of benzene rings is 3. The lowest BCUT2D eigenvalue weighted by Crippen LogP contribution is -2.16. The van der Waals surface area contributed by atoms with Gasteiger partial charge in [-0.05, 0) is 42.0 Å². The van der Waals surface area contributed by atoms with Gasteiger partial charge in [0.25, 0.3) is 5.69 Å². The van der Waals surface area contributed by atoms with Crippen molar-refractivity contribution in [1.82, 2.24) is 0 Å². The van der Waals surface area contributed by atoms with Crippen LogP contribution in [0, 0.1) is 10.1 Å². The monoisotopic (exact) mass is 371 g/mol. The zero-order chi connectivity index (χ0) is 19.3. The molecule has 0 bridgehead atoms. The number of nitro benzene ring substituents is 1. The summed E-state index contributed by atoms with van der Waals surface area (Å²) in [6, 6.07) is 23.8. The minimum atomic E-state index is -0.414. The van der Waals surface area contributed by atoms with Gasteiger partial charge in [-0.15, -0.1) is 0 Å². The van der Waals surface area contributed by atoms with Crippen molar-refractivity contribution in [2.24, 2.45) is 5.10 Å². The lowest BCUT2D eigenvalue weighted by Gasteiger charge is -2.26. The van der Waals surface area contributed by atoms with Gasteiger partial charge in [0, 0.05) is 23.3 Å². The van der Waals surface area contributed by atoms with Crippen LogP contribution in [0.5, 0.6) is 5.75 Å². The van der Waals surface area contributed by atoms with Crippen LogP contribution in [-0.4, -0.2) is 11.1 Å². The SMILES string of the molecule is O=[N+]([O-])c1ccc(C2Oc3ccccc3C=C2/C=N/Nc2ccccc2)cc1. The number of ether oxygens (including phenoxy) is 1. The van der Waals surface area contributed by atoms with E-state index in [1.165, 1.54) is 12.1 Å². The quantitative estimate of drug-likeness (QED) is 0.379. The number of rotatable bonds is 5. The molecule has 0 spiro atoms. The van der Waals surface area contributed by atoms with E-state index in [9.17, 15) is 10.1 Å². The lowest BCUT2D eigenvalue weighted by atomic mass is 9.96. The van der Waals surface area contributed by atoms with Gasteiger partial charge in [0.15, 0.2) is 6.10 Å². The second-order valence-electron chi connectivity index (χ2n) is 6.26. The Kier molecular flexibility index (Phi) is 4.84. The van der Waals surface area contributed by atoms with Gasteiger partial charge in [0.2, 0.25) is 0 Å². The molecule has 4 rings (SSSR count). The number of nitrogens with one attached hydrogen (secondary N) is 1. The molecule has 138 valence electrons. The molecule has 1 aliphatic rings. The van der Waals surface area contributed by atoms with Gasteiger partial charge in [-0.3, -0.25) is 15.5 Å². The molecule has 3 aromatic rings. The van der Waals surface area contributed by atoms with Gasteiger partial charge >= 0.3 is 0 Å². The van der Waals surface area contributed by atoms with Crippen molar-refractivity contribution in [2.75, 3.05) is 5.43 Å². The Hall–Kier alpha value is -3.93. The summed E-state index contributed by atoms with van der Waals surface area (Å²) in [5.74, 6) is 0.763. The van der Waals surface area contributed by atoms with Crippen LogP contribution in [0.25, 0.3) is 6.08 Å². The molecule has 1 aliphatic heterocycles. The van der Waals surface area contributed by atoms with E-state index in [0.717, 1.165) is 28.1 Å². The van der Waals surface area contributed by atoms with E-state index < -0.39 is 11.0 Å². The standard InChI is InChI=1S/C22H17N3O3/c26-25(27)20-12-10-16(11-13-20)22-18(14-17-6-4-5-9-21(17)28-22)15-23-24-19-7-2-1-3-8-19/h1-15,22,24H/b23-15+. The number of para-hydroxylation sites is 2. The van der Waals surface area contributed by atoms with Crippen molar-refractivity contribution < 1.29 is 9.66 Å². The molecule has 0 saturated carbocycles. The summed E-state index contributed by atoms with van der Waals surface area (Å²) in [7, 11) is 0. The summed E-state index contributed by atoms with van der Waals surface area (Å²) in [6.07, 6.45) is 3.33. The molecule has 3 aromatic carbocycles. The Balaban J connectivity index is 1.64. The van der Waals surface area contributed by atoms with E-state index in [2.05, 4.69) is 10.5 Å². The fourth-order valence-electron chi connectivity index (χ4n) is 2.99. The molecule has 1 unspecified atom stereocenters. The van der Waals surface area contributed by atoms with Crippen LogP contribution in [-0.2, 0) is 0 Å². The molecule has 0 aliphatic carbocycles. The highest BCUT2D eigenvalue weighted by molar-refractivity contribution is 5.89. The fraction of sp³-hybridized carbons (Fsp3) is 0.0455. The van der Waals surface area contributed by atoms with Crippen molar-refractivity contribution >= 4 is 23.7 Å². The van der Waals surface area contributed by atoms with E-state index in [0.29, 0.717) is 0 Å². The normalized spacial score (nSPS) is 15.4. The molecule has 0 amide bonds. The lowest BCUT2D eigenvalue weighted by molar-refractivity contribution is -0.384. The number of non-ortho nitro benzene ring substituents is 1. The summed E-state index contributed by atoms with van der Waals surface area (Å²) < 4.78 is 6.18. The Bertz CT molecular complexity index is 1040. The minimum Gasteiger partial charge on any atom is -0.480 e. The third kappa shape index (κ3) is 3.76. The Morgan fingerprint density at radius 3 is 2.43 bits per heavy atom. The summed E-state index contributed by atoms with van der Waals surface area (Å²) in [5.41, 5.74) is 6.54. The predicted molar refractivity (Wildman–Crippen MR) is 109 cm³/mol. The van der Waals surface area contributed by atoms with E-state index in [4.69, 9.17) is 4.74 Å². The van der Waals surface area contributed by atoms with Crippen LogP contribution in [0.1, 0.15) is 17.2 Å². The Morgan fingerprint density at radius 1 is 0.964 bits per heavy atom. The molecule has 6 heteroatoms. The Morgan fingerprint density at radius 2 is 1.68 bits per heavy atom. The summed E-state index contributed by atoms with van der Waals surface area (Å²) in [5, 5.41) is 15.3. The predicted octanol–water partition coefficient (Wildman–Crippen LogP) is 5.21. The fourth-order valence-corrected chi connectivity index (χ4v) is 2.99. The number of hydrogen-bond donors (Lipinski definition) is 1. The molecule has 1 atom stereocenters. The van der Waals surface area contributed by atoms with Crippen molar-refractivity contribution in [1.29, 1.82) is 0 Å². The smallest absolute Gasteiger partial charge is 0.269 e. The number of fused-ring (bicyclic) bond motifs is 1. The number of hydrazone groups is 1. The zero-order valence-corrected chi connectivity index (χ0v) is 14.9. The second-order valence-corrected chi connectivity index (χ2v) is 6.26. The maximum atomic E-state index is 10.9. The summed E-state index contributed by atoms with van der Waals surface area (Å²) >= 11 is 0. The molecule has 1 N–H and O–H groups in total. The van der Waals surface area contributed by atoms with Crippen molar-refractivity contribution in [2.45, 2.75) is 6.10 Å². The first kappa shape index (κ1) is 17.5.